The van der Waals surface area contributed by atoms with Gasteiger partial charge in [0.15, 0.2) is 5.12 Å². The molecule has 1 rings (SSSR count). The van der Waals surface area contributed by atoms with Crippen LogP contribution in [0.2, 0.25) is 0 Å². The van der Waals surface area contributed by atoms with Crippen molar-refractivity contribution in [3.63, 3.8) is 0 Å². The van der Waals surface area contributed by atoms with Crippen molar-refractivity contribution in [2.24, 2.45) is 0 Å². The molecule has 2 unspecified atom stereocenters. The van der Waals surface area contributed by atoms with E-state index in [2.05, 4.69) is 5.10 Å². The second-order valence-electron chi connectivity index (χ2n) is 3.85. The number of carbonyl (C=O) groups is 1. The van der Waals surface area contributed by atoms with Gasteiger partial charge in [0.1, 0.15) is 6.10 Å². The first-order chi connectivity index (χ1) is 8.04. The quantitative estimate of drug-likeness (QED) is 0.795. The molecule has 0 saturated carbocycles. The average molecular weight is 258 g/mol. The van der Waals surface area contributed by atoms with Crippen LogP contribution in [0.3, 0.4) is 0 Å². The van der Waals surface area contributed by atoms with Crippen molar-refractivity contribution >= 4 is 16.9 Å². The third-order valence-corrected chi connectivity index (χ3v) is 3.18. The monoisotopic (exact) mass is 258 g/mol. The normalized spacial score (nSPS) is 14.6. The summed E-state index contributed by atoms with van der Waals surface area (Å²) in [5.74, 6) is 0.190. The Morgan fingerprint density at radius 3 is 2.88 bits per heavy atom. The first-order valence-corrected chi connectivity index (χ1v) is 6.55. The van der Waals surface area contributed by atoms with E-state index in [1.54, 1.807) is 17.1 Å². The van der Waals surface area contributed by atoms with Gasteiger partial charge in [0.25, 0.3) is 0 Å². The lowest BCUT2D eigenvalue weighted by molar-refractivity contribution is -0.109. The minimum atomic E-state index is -0.993. The first kappa shape index (κ1) is 14.2. The summed E-state index contributed by atoms with van der Waals surface area (Å²) in [5.41, 5.74) is 0.579. The van der Waals surface area contributed by atoms with Crippen LogP contribution in [0.1, 0.15) is 31.9 Å². The summed E-state index contributed by atoms with van der Waals surface area (Å²) in [5, 5.41) is 23.6. The summed E-state index contributed by atoms with van der Waals surface area (Å²) < 4.78 is 1.73. The maximum absolute atomic E-state index is 10.8. The number of nitrogens with zero attached hydrogens (tertiary/aromatic N) is 2. The molecule has 0 saturated heterocycles. The van der Waals surface area contributed by atoms with Crippen LogP contribution in [-0.2, 0) is 11.3 Å². The van der Waals surface area contributed by atoms with Crippen molar-refractivity contribution < 1.29 is 15.0 Å². The number of aliphatic hydroxyl groups excluding tert-OH is 2. The van der Waals surface area contributed by atoms with Gasteiger partial charge in [-0.1, -0.05) is 18.7 Å². The van der Waals surface area contributed by atoms with Crippen LogP contribution in [-0.4, -0.2) is 37.0 Å². The SMILES string of the molecule is CCCn1cc(C(O)C(O)CSC(C)=O)cn1. The lowest BCUT2D eigenvalue weighted by atomic mass is 10.1. The van der Waals surface area contributed by atoms with Gasteiger partial charge in [-0.15, -0.1) is 0 Å². The molecule has 0 aliphatic rings. The number of aliphatic hydroxyl groups is 2. The van der Waals surface area contributed by atoms with Gasteiger partial charge in [0.2, 0.25) is 0 Å². The highest BCUT2D eigenvalue weighted by Gasteiger charge is 2.20. The zero-order valence-corrected chi connectivity index (χ0v) is 10.9. The molecule has 0 radical (unpaired) electrons. The number of thioether (sulfide) groups is 1. The van der Waals surface area contributed by atoms with E-state index in [1.165, 1.54) is 6.92 Å². The van der Waals surface area contributed by atoms with E-state index >= 15 is 0 Å². The van der Waals surface area contributed by atoms with E-state index in [-0.39, 0.29) is 10.9 Å². The summed E-state index contributed by atoms with van der Waals surface area (Å²) in [6.45, 7) is 4.25. The Bertz CT molecular complexity index is 367. The van der Waals surface area contributed by atoms with Crippen molar-refractivity contribution in [2.75, 3.05) is 5.75 Å². The van der Waals surface area contributed by atoms with E-state index < -0.39 is 12.2 Å². The third-order valence-electron chi connectivity index (χ3n) is 2.27. The standard InChI is InChI=1S/C11H18N2O3S/c1-3-4-13-6-9(5-12-13)11(16)10(15)7-17-8(2)14/h5-6,10-11,15-16H,3-4,7H2,1-2H3. The largest absolute Gasteiger partial charge is 0.389 e. The topological polar surface area (TPSA) is 75.3 Å². The van der Waals surface area contributed by atoms with Crippen LogP contribution in [0.5, 0.6) is 0 Å². The molecule has 1 aromatic heterocycles. The van der Waals surface area contributed by atoms with Gasteiger partial charge in [0.05, 0.1) is 12.3 Å². The fraction of sp³-hybridized carbons (Fsp3) is 0.636. The molecule has 6 heteroatoms. The zero-order chi connectivity index (χ0) is 12.8. The molecular formula is C11H18N2O3S. The molecule has 0 amide bonds. The Morgan fingerprint density at radius 1 is 1.59 bits per heavy atom. The molecule has 0 aliphatic carbocycles. The Hall–Kier alpha value is -0.850. The predicted molar refractivity (Wildman–Crippen MR) is 66.6 cm³/mol. The van der Waals surface area contributed by atoms with Gasteiger partial charge in [-0.25, -0.2) is 0 Å². The van der Waals surface area contributed by atoms with Crippen LogP contribution in [0.25, 0.3) is 0 Å². The predicted octanol–water partition coefficient (Wildman–Crippen LogP) is 0.967. The van der Waals surface area contributed by atoms with E-state index in [0.29, 0.717) is 5.56 Å². The Kier molecular flexibility index (Phi) is 5.67. The molecular weight excluding hydrogens is 240 g/mol. The molecule has 2 atom stereocenters. The summed E-state index contributed by atoms with van der Waals surface area (Å²) in [6.07, 6.45) is 2.27. The van der Waals surface area contributed by atoms with Gasteiger partial charge in [-0.2, -0.15) is 5.10 Å². The second kappa shape index (κ2) is 6.78. The highest BCUT2D eigenvalue weighted by atomic mass is 32.2. The van der Waals surface area contributed by atoms with E-state index in [0.717, 1.165) is 24.7 Å². The number of carbonyl (C=O) groups excluding carboxylic acids is 1. The van der Waals surface area contributed by atoms with Gasteiger partial charge < -0.3 is 10.2 Å². The fourth-order valence-corrected chi connectivity index (χ4v) is 1.99. The van der Waals surface area contributed by atoms with Crippen LogP contribution in [0, 0.1) is 0 Å². The zero-order valence-electron chi connectivity index (χ0n) is 10.0. The fourth-order valence-electron chi connectivity index (χ4n) is 1.40. The Balaban J connectivity index is 2.54. The summed E-state index contributed by atoms with van der Waals surface area (Å²) >= 11 is 1.00. The van der Waals surface area contributed by atoms with Crippen LogP contribution in [0.15, 0.2) is 12.4 Å². The molecule has 0 aromatic carbocycles. The highest BCUT2D eigenvalue weighted by molar-refractivity contribution is 8.13. The minimum absolute atomic E-state index is 0.0714. The smallest absolute Gasteiger partial charge is 0.185 e. The molecule has 17 heavy (non-hydrogen) atoms. The lowest BCUT2D eigenvalue weighted by Gasteiger charge is -2.15. The number of hydrogen-bond donors (Lipinski definition) is 2. The molecule has 96 valence electrons. The van der Waals surface area contributed by atoms with Gasteiger partial charge >= 0.3 is 0 Å². The van der Waals surface area contributed by atoms with Crippen LogP contribution >= 0.6 is 11.8 Å². The second-order valence-corrected chi connectivity index (χ2v) is 5.05. The van der Waals surface area contributed by atoms with E-state index in [4.69, 9.17) is 0 Å². The summed E-state index contributed by atoms with van der Waals surface area (Å²) in [7, 11) is 0. The maximum Gasteiger partial charge on any atom is 0.185 e. The first-order valence-electron chi connectivity index (χ1n) is 5.56. The van der Waals surface area contributed by atoms with Crippen molar-refractivity contribution in [1.82, 2.24) is 9.78 Å². The van der Waals surface area contributed by atoms with Crippen LogP contribution < -0.4 is 0 Å². The number of hydrogen-bond acceptors (Lipinski definition) is 5. The Labute approximate surface area is 105 Å². The molecule has 1 aromatic rings. The lowest BCUT2D eigenvalue weighted by Crippen LogP contribution is -2.21. The van der Waals surface area contributed by atoms with Crippen molar-refractivity contribution in [3.8, 4) is 0 Å². The van der Waals surface area contributed by atoms with Gasteiger partial charge in [-0.05, 0) is 6.42 Å². The molecule has 0 aliphatic heterocycles. The number of rotatable bonds is 6. The summed E-state index contributed by atoms with van der Waals surface area (Å²) in [6, 6.07) is 0. The van der Waals surface area contributed by atoms with Crippen molar-refractivity contribution in [3.05, 3.63) is 18.0 Å². The van der Waals surface area contributed by atoms with Gasteiger partial charge in [-0.3, -0.25) is 9.48 Å². The highest BCUT2D eigenvalue weighted by Crippen LogP contribution is 2.19. The van der Waals surface area contributed by atoms with Crippen molar-refractivity contribution in [1.29, 1.82) is 0 Å². The minimum Gasteiger partial charge on any atom is -0.389 e. The van der Waals surface area contributed by atoms with Gasteiger partial charge in [0, 0.05) is 31.0 Å². The van der Waals surface area contributed by atoms with E-state index in [1.807, 2.05) is 6.92 Å². The molecule has 2 N–H and O–H groups in total. The molecule has 0 bridgehead atoms. The third kappa shape index (κ3) is 4.49. The van der Waals surface area contributed by atoms with Crippen LogP contribution in [0.4, 0.5) is 0 Å². The molecule has 0 spiro atoms. The number of aryl methyl sites for hydroxylation is 1. The molecule has 5 nitrogen and oxygen atoms in total. The van der Waals surface area contributed by atoms with E-state index in [9.17, 15) is 15.0 Å². The molecule has 1 heterocycles. The average Bonchev–Trinajstić information content (AvgIpc) is 2.74. The van der Waals surface area contributed by atoms with Crippen molar-refractivity contribution in [2.45, 2.75) is 39.0 Å². The maximum atomic E-state index is 10.8. The number of aromatic nitrogens is 2. The summed E-state index contributed by atoms with van der Waals surface area (Å²) in [4.78, 5) is 10.8. The molecule has 0 fully saturated rings. The Morgan fingerprint density at radius 2 is 2.29 bits per heavy atom.